The number of nitrogens with one attached hydrogen (secondary N) is 1. The molecule has 1 heterocycles. The average molecular weight is 314 g/mol. The Morgan fingerprint density at radius 3 is 3.00 bits per heavy atom. The molecule has 0 aromatic heterocycles. The van der Waals surface area contributed by atoms with Crippen molar-refractivity contribution in [2.24, 2.45) is 0 Å². The second-order valence-corrected chi connectivity index (χ2v) is 5.02. The quantitative estimate of drug-likeness (QED) is 0.909. The third kappa shape index (κ3) is 2.93. The van der Waals surface area contributed by atoms with Crippen molar-refractivity contribution in [1.82, 2.24) is 5.32 Å². The lowest BCUT2D eigenvalue weighted by atomic mass is 10.0. The molecule has 0 amide bonds. The molecule has 0 saturated heterocycles. The van der Waals surface area contributed by atoms with Crippen LogP contribution in [-0.4, -0.2) is 13.2 Å². The first-order valence-corrected chi connectivity index (χ1v) is 7.03. The highest BCUT2D eigenvalue weighted by molar-refractivity contribution is 9.10. The van der Waals surface area contributed by atoms with E-state index in [-0.39, 0.29) is 11.9 Å². The van der Waals surface area contributed by atoms with Gasteiger partial charge in [-0.15, -0.1) is 0 Å². The predicted octanol–water partition coefficient (Wildman–Crippen LogP) is 3.93. The van der Waals surface area contributed by atoms with Gasteiger partial charge in [-0.3, -0.25) is 0 Å². The Hall–Kier alpha value is -0.870. The first kappa shape index (κ1) is 13.6. The van der Waals surface area contributed by atoms with Gasteiger partial charge in [-0.1, -0.05) is 19.1 Å². The third-order valence-electron chi connectivity index (χ3n) is 2.95. The van der Waals surface area contributed by atoms with Crippen molar-refractivity contribution in [3.63, 3.8) is 0 Å². The van der Waals surface area contributed by atoms with Gasteiger partial charge in [0.2, 0.25) is 0 Å². The molecule has 2 rings (SSSR count). The lowest BCUT2D eigenvalue weighted by Crippen LogP contribution is -2.25. The summed E-state index contributed by atoms with van der Waals surface area (Å²) >= 11 is 3.32. The molecule has 1 aliphatic rings. The summed E-state index contributed by atoms with van der Waals surface area (Å²) in [6, 6.07) is 5.01. The monoisotopic (exact) mass is 313 g/mol. The maximum atomic E-state index is 13.6. The van der Waals surface area contributed by atoms with Gasteiger partial charge in [-0.25, -0.2) is 4.39 Å². The summed E-state index contributed by atoms with van der Waals surface area (Å²) in [6.45, 7) is 3.57. The zero-order valence-corrected chi connectivity index (χ0v) is 12.0. The summed E-state index contributed by atoms with van der Waals surface area (Å²) in [6.07, 6.45) is 4.16. The molecule has 1 unspecified atom stereocenters. The number of ether oxygens (including phenoxy) is 1. The molecule has 0 aliphatic carbocycles. The van der Waals surface area contributed by atoms with Crippen molar-refractivity contribution in [3.8, 4) is 0 Å². The van der Waals surface area contributed by atoms with E-state index in [2.05, 4.69) is 27.3 Å². The highest BCUT2D eigenvalue weighted by Crippen LogP contribution is 2.32. The normalized spacial score (nSPS) is 16.9. The predicted molar refractivity (Wildman–Crippen MR) is 73.8 cm³/mol. The van der Waals surface area contributed by atoms with E-state index in [0.29, 0.717) is 4.47 Å². The molecule has 1 N–H and O–H groups in total. The largest absolute Gasteiger partial charge is 0.496 e. The number of rotatable bonds is 4. The summed E-state index contributed by atoms with van der Waals surface area (Å²) in [5.41, 5.74) is 0.880. The van der Waals surface area contributed by atoms with Gasteiger partial charge in [-0.2, -0.15) is 0 Å². The van der Waals surface area contributed by atoms with E-state index in [0.717, 1.165) is 37.3 Å². The number of benzene rings is 1. The van der Waals surface area contributed by atoms with Crippen LogP contribution in [0.4, 0.5) is 4.39 Å². The van der Waals surface area contributed by atoms with Crippen molar-refractivity contribution >= 4 is 15.9 Å². The van der Waals surface area contributed by atoms with Gasteiger partial charge in [0.1, 0.15) is 11.6 Å². The van der Waals surface area contributed by atoms with Crippen molar-refractivity contribution in [2.45, 2.75) is 25.8 Å². The Kier molecular flexibility index (Phi) is 4.78. The third-order valence-corrected chi connectivity index (χ3v) is 3.78. The van der Waals surface area contributed by atoms with E-state index in [1.165, 1.54) is 6.07 Å². The summed E-state index contributed by atoms with van der Waals surface area (Å²) in [5.74, 6) is 0.654. The Morgan fingerprint density at radius 1 is 1.50 bits per heavy atom. The first-order chi connectivity index (χ1) is 8.74. The fraction of sp³-hybridized carbons (Fsp3) is 0.429. The molecule has 0 spiro atoms. The number of hydrogen-bond donors (Lipinski definition) is 1. The second kappa shape index (κ2) is 6.34. The van der Waals surface area contributed by atoms with E-state index in [9.17, 15) is 4.39 Å². The minimum atomic E-state index is -0.244. The van der Waals surface area contributed by atoms with Crippen molar-refractivity contribution in [1.29, 1.82) is 0 Å². The van der Waals surface area contributed by atoms with Crippen LogP contribution in [0.2, 0.25) is 0 Å². The summed E-state index contributed by atoms with van der Waals surface area (Å²) in [5, 5.41) is 3.35. The maximum absolute atomic E-state index is 13.6. The second-order valence-electron chi connectivity index (χ2n) is 4.23. The SMILES string of the molecule is CCNC(C1=CCCCO1)c1cccc(F)c1Br. The molecule has 1 atom stereocenters. The molecule has 1 aromatic carbocycles. The van der Waals surface area contributed by atoms with Gasteiger partial charge in [0.25, 0.3) is 0 Å². The Labute approximate surface area is 115 Å². The standard InChI is InChI=1S/C14H17BrFNO/c1-2-17-14(12-8-3-4-9-18-12)10-6-5-7-11(16)13(10)15/h5-8,14,17H,2-4,9H2,1H3. The zero-order valence-electron chi connectivity index (χ0n) is 10.4. The number of likely N-dealkylation sites (N-methyl/N-ethyl adjacent to an activating group) is 1. The molecule has 98 valence electrons. The Morgan fingerprint density at radius 2 is 2.33 bits per heavy atom. The first-order valence-electron chi connectivity index (χ1n) is 6.24. The van der Waals surface area contributed by atoms with Gasteiger partial charge >= 0.3 is 0 Å². The molecule has 0 saturated carbocycles. The van der Waals surface area contributed by atoms with Crippen LogP contribution in [0, 0.1) is 5.82 Å². The van der Waals surface area contributed by atoms with Crippen LogP contribution >= 0.6 is 15.9 Å². The van der Waals surface area contributed by atoms with Crippen LogP contribution in [-0.2, 0) is 4.74 Å². The maximum Gasteiger partial charge on any atom is 0.137 e. The summed E-state index contributed by atoms with van der Waals surface area (Å²) in [4.78, 5) is 0. The molecule has 0 radical (unpaired) electrons. The van der Waals surface area contributed by atoms with Gasteiger partial charge in [0, 0.05) is 0 Å². The van der Waals surface area contributed by atoms with Crippen LogP contribution in [0.1, 0.15) is 31.4 Å². The molecular weight excluding hydrogens is 297 g/mol. The fourth-order valence-electron chi connectivity index (χ4n) is 2.09. The molecule has 0 fully saturated rings. The molecule has 1 aromatic rings. The molecular formula is C14H17BrFNO. The highest BCUT2D eigenvalue weighted by atomic mass is 79.9. The number of halogens is 2. The van der Waals surface area contributed by atoms with Crippen molar-refractivity contribution in [2.75, 3.05) is 13.2 Å². The van der Waals surface area contributed by atoms with Crippen LogP contribution in [0.15, 0.2) is 34.5 Å². The van der Waals surface area contributed by atoms with Crippen LogP contribution in [0.3, 0.4) is 0 Å². The Bertz CT molecular complexity index is 447. The highest BCUT2D eigenvalue weighted by Gasteiger charge is 2.22. The minimum Gasteiger partial charge on any atom is -0.496 e. The van der Waals surface area contributed by atoms with Crippen LogP contribution in [0.5, 0.6) is 0 Å². The zero-order chi connectivity index (χ0) is 13.0. The van der Waals surface area contributed by atoms with E-state index >= 15 is 0 Å². The van der Waals surface area contributed by atoms with Crippen LogP contribution in [0.25, 0.3) is 0 Å². The van der Waals surface area contributed by atoms with Crippen LogP contribution < -0.4 is 5.32 Å². The van der Waals surface area contributed by atoms with E-state index in [4.69, 9.17) is 4.74 Å². The smallest absolute Gasteiger partial charge is 0.137 e. The number of allylic oxidation sites excluding steroid dienone is 1. The average Bonchev–Trinajstić information content (AvgIpc) is 2.41. The lowest BCUT2D eigenvalue weighted by Gasteiger charge is -2.25. The van der Waals surface area contributed by atoms with Gasteiger partial charge in [0.15, 0.2) is 0 Å². The van der Waals surface area contributed by atoms with Crippen molar-refractivity contribution in [3.05, 3.63) is 45.9 Å². The van der Waals surface area contributed by atoms with Crippen molar-refractivity contribution < 1.29 is 9.13 Å². The lowest BCUT2D eigenvalue weighted by molar-refractivity contribution is 0.168. The minimum absolute atomic E-state index is 0.0830. The molecule has 0 bridgehead atoms. The topological polar surface area (TPSA) is 21.3 Å². The molecule has 4 heteroatoms. The molecule has 1 aliphatic heterocycles. The van der Waals surface area contributed by atoms with E-state index in [1.54, 1.807) is 6.07 Å². The van der Waals surface area contributed by atoms with E-state index < -0.39 is 0 Å². The fourth-order valence-corrected chi connectivity index (χ4v) is 2.58. The molecule has 18 heavy (non-hydrogen) atoms. The Balaban J connectivity index is 2.34. The number of hydrogen-bond acceptors (Lipinski definition) is 2. The van der Waals surface area contributed by atoms with Gasteiger partial charge in [0.05, 0.1) is 17.1 Å². The van der Waals surface area contributed by atoms with E-state index in [1.807, 2.05) is 13.0 Å². The summed E-state index contributed by atoms with van der Waals surface area (Å²) in [7, 11) is 0. The van der Waals surface area contributed by atoms with Gasteiger partial charge < -0.3 is 10.1 Å². The summed E-state index contributed by atoms with van der Waals surface area (Å²) < 4.78 is 19.8. The van der Waals surface area contributed by atoms with Gasteiger partial charge in [-0.05, 0) is 53.0 Å². The molecule has 2 nitrogen and oxygen atoms in total.